The van der Waals surface area contributed by atoms with Crippen molar-refractivity contribution in [2.24, 2.45) is 5.92 Å². The molecule has 0 fully saturated rings. The van der Waals surface area contributed by atoms with E-state index < -0.39 is 35.8 Å². The van der Waals surface area contributed by atoms with E-state index in [0.29, 0.717) is 6.42 Å². The second kappa shape index (κ2) is 43.6. The monoisotopic (exact) mass is 961 g/mol. The molecule has 0 radical (unpaired) electrons. The van der Waals surface area contributed by atoms with E-state index in [0.717, 1.165) is 44.9 Å². The molecule has 2 atom stereocenters. The second-order valence-corrected chi connectivity index (χ2v) is 16.1. The van der Waals surface area contributed by atoms with Crippen molar-refractivity contribution in [1.29, 1.82) is 0 Å². The number of unbranched alkanes of at least 4 members (excludes halogenated alkanes) is 13. The number of rotatable bonds is 47. The van der Waals surface area contributed by atoms with E-state index in [1.54, 1.807) is 0 Å². The molecule has 22 heteroatoms. The lowest BCUT2D eigenvalue weighted by Gasteiger charge is -2.14. The van der Waals surface area contributed by atoms with Crippen molar-refractivity contribution in [3.05, 3.63) is 0 Å². The third-order valence-corrected chi connectivity index (χ3v) is 10.0. The molecule has 6 amide bonds. The number of hydrogen-bond donors (Lipinski definition) is 9. The molecule has 0 aromatic heterocycles. The Morgan fingerprint density at radius 1 is 0.403 bits per heavy atom. The summed E-state index contributed by atoms with van der Waals surface area (Å²) < 4.78 is 21.2. The Morgan fingerprint density at radius 3 is 1.30 bits per heavy atom. The summed E-state index contributed by atoms with van der Waals surface area (Å²) >= 11 is 0. The van der Waals surface area contributed by atoms with Gasteiger partial charge in [0.15, 0.2) is 0 Å². The quantitative estimate of drug-likeness (QED) is 0.0393. The number of ether oxygens (including phenoxy) is 4. The van der Waals surface area contributed by atoms with Crippen molar-refractivity contribution in [1.82, 2.24) is 31.9 Å². The number of aliphatic carboxylic acids is 3. The zero-order chi connectivity index (χ0) is 49.8. The molecule has 0 aromatic carbocycles. The molecule has 0 heterocycles. The van der Waals surface area contributed by atoms with Crippen molar-refractivity contribution >= 4 is 53.4 Å². The zero-order valence-electron chi connectivity index (χ0n) is 39.6. The molecular formula is C45H80N6O16. The van der Waals surface area contributed by atoms with Gasteiger partial charge in [-0.1, -0.05) is 84.0 Å². The van der Waals surface area contributed by atoms with Gasteiger partial charge in [0.1, 0.15) is 19.3 Å². The van der Waals surface area contributed by atoms with Crippen LogP contribution in [0.4, 0.5) is 0 Å². The second-order valence-electron chi connectivity index (χ2n) is 16.1. The molecule has 0 aliphatic carbocycles. The van der Waals surface area contributed by atoms with Crippen molar-refractivity contribution < 1.29 is 77.4 Å². The van der Waals surface area contributed by atoms with Crippen LogP contribution in [0.25, 0.3) is 0 Å². The summed E-state index contributed by atoms with van der Waals surface area (Å²) in [5, 5.41) is 42.4. The van der Waals surface area contributed by atoms with Crippen LogP contribution in [0.3, 0.4) is 0 Å². The maximum atomic E-state index is 12.3. The van der Waals surface area contributed by atoms with E-state index in [9.17, 15) is 48.3 Å². The minimum absolute atomic E-state index is 0.00443. The Labute approximate surface area is 394 Å². The van der Waals surface area contributed by atoms with Crippen LogP contribution in [0.5, 0.6) is 0 Å². The molecule has 386 valence electrons. The Hall–Kier alpha value is -4.93. The highest BCUT2D eigenvalue weighted by atomic mass is 16.5. The van der Waals surface area contributed by atoms with E-state index in [1.807, 2.05) is 0 Å². The van der Waals surface area contributed by atoms with Gasteiger partial charge in [-0.2, -0.15) is 0 Å². The predicted octanol–water partition coefficient (Wildman–Crippen LogP) is 1.81. The highest BCUT2D eigenvalue weighted by molar-refractivity contribution is 5.85. The van der Waals surface area contributed by atoms with Crippen LogP contribution < -0.4 is 31.9 Å². The molecule has 0 aliphatic heterocycles. The first kappa shape index (κ1) is 62.1. The van der Waals surface area contributed by atoms with Crippen LogP contribution in [-0.4, -0.2) is 160 Å². The summed E-state index contributed by atoms with van der Waals surface area (Å²) in [6.07, 6.45) is 15.0. The molecule has 0 rings (SSSR count). The minimum Gasteiger partial charge on any atom is -0.481 e. The first-order valence-electron chi connectivity index (χ1n) is 23.8. The van der Waals surface area contributed by atoms with Crippen LogP contribution in [-0.2, 0) is 62.1 Å². The maximum absolute atomic E-state index is 12.3. The SMILES string of the molecule is CC(CC(=O)O)C(=O)NCCC(=O)NCCNC(=O)COCCOCCNC(=O)COCCOCCNC(=O)CCC(NC(=O)CCCCCCCCCCCCCCCCC(=O)O)C(=O)O. The van der Waals surface area contributed by atoms with Gasteiger partial charge < -0.3 is 66.2 Å². The largest absolute Gasteiger partial charge is 0.481 e. The van der Waals surface area contributed by atoms with Gasteiger partial charge in [0.05, 0.1) is 46.1 Å². The number of carboxylic acid groups (broad SMARTS) is 3. The predicted molar refractivity (Wildman–Crippen MR) is 245 cm³/mol. The van der Waals surface area contributed by atoms with Gasteiger partial charge in [0.25, 0.3) is 0 Å². The van der Waals surface area contributed by atoms with E-state index in [4.69, 9.17) is 29.2 Å². The average Bonchev–Trinajstić information content (AvgIpc) is 3.27. The molecule has 2 unspecified atom stereocenters. The highest BCUT2D eigenvalue weighted by Crippen LogP contribution is 2.14. The molecule has 9 N–H and O–H groups in total. The van der Waals surface area contributed by atoms with Crippen molar-refractivity contribution in [2.45, 2.75) is 141 Å². The van der Waals surface area contributed by atoms with E-state index in [2.05, 4.69) is 31.9 Å². The Morgan fingerprint density at radius 2 is 0.821 bits per heavy atom. The fourth-order valence-electron chi connectivity index (χ4n) is 6.29. The lowest BCUT2D eigenvalue weighted by molar-refractivity contribution is -0.142. The van der Waals surface area contributed by atoms with Gasteiger partial charge in [0, 0.05) is 64.3 Å². The van der Waals surface area contributed by atoms with Crippen molar-refractivity contribution in [3.8, 4) is 0 Å². The number of carboxylic acids is 3. The van der Waals surface area contributed by atoms with Crippen molar-refractivity contribution in [3.63, 3.8) is 0 Å². The number of carbonyl (C=O) groups is 9. The van der Waals surface area contributed by atoms with Crippen LogP contribution in [0.1, 0.15) is 135 Å². The molecule has 0 spiro atoms. The Bertz CT molecular complexity index is 1420. The molecule has 0 bridgehead atoms. The lowest BCUT2D eigenvalue weighted by Crippen LogP contribution is -2.41. The normalized spacial score (nSPS) is 11.8. The van der Waals surface area contributed by atoms with E-state index in [1.165, 1.54) is 45.4 Å². The van der Waals surface area contributed by atoms with Gasteiger partial charge in [0.2, 0.25) is 35.4 Å². The smallest absolute Gasteiger partial charge is 0.326 e. The summed E-state index contributed by atoms with van der Waals surface area (Å²) in [6.45, 7) is 2.92. The fourth-order valence-corrected chi connectivity index (χ4v) is 6.29. The Balaban J connectivity index is 3.67. The third-order valence-electron chi connectivity index (χ3n) is 10.0. The van der Waals surface area contributed by atoms with E-state index in [-0.39, 0.29) is 154 Å². The summed E-state index contributed by atoms with van der Waals surface area (Å²) in [7, 11) is 0. The number of hydrogen-bond acceptors (Lipinski definition) is 13. The first-order valence-corrected chi connectivity index (χ1v) is 23.8. The molecule has 0 aromatic rings. The average molecular weight is 961 g/mol. The van der Waals surface area contributed by atoms with Crippen molar-refractivity contribution in [2.75, 3.05) is 85.6 Å². The first-order chi connectivity index (χ1) is 32.2. The molecule has 22 nitrogen and oxygen atoms in total. The summed E-state index contributed by atoms with van der Waals surface area (Å²) in [4.78, 5) is 105. The third kappa shape index (κ3) is 43.4. The van der Waals surface area contributed by atoms with Crippen LogP contribution in [0.15, 0.2) is 0 Å². The van der Waals surface area contributed by atoms with Gasteiger partial charge >= 0.3 is 17.9 Å². The standard InChI is InChI=1S/C45H80N6O16/c1-35(32-43(59)60)44(61)50-21-20-38(53)46-22-23-47-40(55)33-66-30-29-65-27-25-49-41(56)34-67-31-28-64-26-24-48-37(52)19-18-36(45(62)63)51-39(54)16-14-12-10-8-6-4-2-3-5-7-9-11-13-15-17-42(57)58/h35-36H,2-34H2,1H3,(H,46,53)(H,47,55)(H,48,52)(H,49,56)(H,50,61)(H,51,54)(H,57,58)(H,59,60)(H,62,63). The molecular weight excluding hydrogens is 881 g/mol. The molecule has 0 saturated carbocycles. The number of carbonyl (C=O) groups excluding carboxylic acids is 6. The van der Waals surface area contributed by atoms with Crippen LogP contribution in [0, 0.1) is 5.92 Å². The maximum Gasteiger partial charge on any atom is 0.326 e. The van der Waals surface area contributed by atoms with Gasteiger partial charge in [-0.15, -0.1) is 0 Å². The summed E-state index contributed by atoms with van der Waals surface area (Å²) in [6, 6.07) is -1.16. The van der Waals surface area contributed by atoms with Gasteiger partial charge in [-0.3, -0.25) is 38.4 Å². The van der Waals surface area contributed by atoms with Crippen LogP contribution in [0.2, 0.25) is 0 Å². The Kier molecular flexibility index (Phi) is 40.4. The number of nitrogens with one attached hydrogen (secondary N) is 6. The van der Waals surface area contributed by atoms with E-state index >= 15 is 0 Å². The molecule has 67 heavy (non-hydrogen) atoms. The molecule has 0 saturated heterocycles. The minimum atomic E-state index is -1.20. The van der Waals surface area contributed by atoms with Gasteiger partial charge in [-0.25, -0.2) is 4.79 Å². The fraction of sp³-hybridized carbons (Fsp3) is 0.800. The highest BCUT2D eigenvalue weighted by Gasteiger charge is 2.21. The van der Waals surface area contributed by atoms with Gasteiger partial charge in [-0.05, 0) is 19.3 Å². The zero-order valence-corrected chi connectivity index (χ0v) is 39.6. The topological polar surface area (TPSA) is 323 Å². The molecule has 0 aliphatic rings. The number of amides is 6. The summed E-state index contributed by atoms with van der Waals surface area (Å²) in [5.74, 6) is -5.95. The van der Waals surface area contributed by atoms with Crippen LogP contribution >= 0.6 is 0 Å². The summed E-state index contributed by atoms with van der Waals surface area (Å²) in [5.41, 5.74) is 0. The lowest BCUT2D eigenvalue weighted by atomic mass is 10.0.